The summed E-state index contributed by atoms with van der Waals surface area (Å²) in [5, 5.41) is 4.31. The first-order valence-corrected chi connectivity index (χ1v) is 6.02. The first-order valence-electron chi connectivity index (χ1n) is 6.02. The fourth-order valence-electron chi connectivity index (χ4n) is 1.98. The summed E-state index contributed by atoms with van der Waals surface area (Å²) in [6.07, 6.45) is 3.41. The summed E-state index contributed by atoms with van der Waals surface area (Å²) in [5.41, 5.74) is 1.98. The van der Waals surface area contributed by atoms with E-state index in [0.29, 0.717) is 6.54 Å². The van der Waals surface area contributed by atoms with Crippen molar-refractivity contribution in [2.75, 3.05) is 12.4 Å². The lowest BCUT2D eigenvalue weighted by atomic mass is 10.2. The number of ether oxygens (including phenoxy) is 1. The maximum atomic E-state index is 5.21. The first kappa shape index (κ1) is 11.5. The molecular formula is C14H14N4O. The Morgan fingerprint density at radius 2 is 2.21 bits per heavy atom. The van der Waals surface area contributed by atoms with E-state index in [1.807, 2.05) is 36.5 Å². The van der Waals surface area contributed by atoms with Gasteiger partial charge < -0.3 is 15.0 Å². The van der Waals surface area contributed by atoms with Gasteiger partial charge >= 0.3 is 0 Å². The first-order chi connectivity index (χ1) is 9.36. The smallest absolute Gasteiger partial charge is 0.142 e. The summed E-state index contributed by atoms with van der Waals surface area (Å²) in [5.74, 6) is 1.68. The molecule has 2 heterocycles. The van der Waals surface area contributed by atoms with Crippen LogP contribution in [0.15, 0.2) is 42.9 Å². The molecule has 1 aromatic carbocycles. The molecule has 2 N–H and O–H groups in total. The van der Waals surface area contributed by atoms with Crippen molar-refractivity contribution in [2.45, 2.75) is 6.54 Å². The van der Waals surface area contributed by atoms with Gasteiger partial charge in [-0.2, -0.15) is 0 Å². The Labute approximate surface area is 110 Å². The van der Waals surface area contributed by atoms with Gasteiger partial charge in [-0.15, -0.1) is 0 Å². The van der Waals surface area contributed by atoms with E-state index in [4.69, 9.17) is 4.74 Å². The van der Waals surface area contributed by atoms with Gasteiger partial charge in [-0.25, -0.2) is 9.97 Å². The normalized spacial score (nSPS) is 10.6. The topological polar surface area (TPSA) is 62.8 Å². The second-order valence-electron chi connectivity index (χ2n) is 4.17. The zero-order chi connectivity index (χ0) is 13.1. The largest absolute Gasteiger partial charge is 0.497 e. The van der Waals surface area contributed by atoms with Crippen LogP contribution in [0.5, 0.6) is 5.75 Å². The molecule has 5 nitrogen and oxygen atoms in total. The lowest BCUT2D eigenvalue weighted by molar-refractivity contribution is 0.414. The van der Waals surface area contributed by atoms with Gasteiger partial charge in [0.1, 0.15) is 23.5 Å². The van der Waals surface area contributed by atoms with Gasteiger partial charge in [0.2, 0.25) is 0 Å². The molecule has 96 valence electrons. The highest BCUT2D eigenvalue weighted by molar-refractivity contribution is 5.86. The lowest BCUT2D eigenvalue weighted by Gasteiger charge is -2.07. The molecule has 0 radical (unpaired) electrons. The van der Waals surface area contributed by atoms with E-state index >= 15 is 0 Å². The number of aromatic amines is 1. The van der Waals surface area contributed by atoms with Gasteiger partial charge in [0, 0.05) is 12.7 Å². The van der Waals surface area contributed by atoms with E-state index in [2.05, 4.69) is 20.3 Å². The van der Waals surface area contributed by atoms with E-state index in [9.17, 15) is 0 Å². The van der Waals surface area contributed by atoms with Crippen LogP contribution in [0.25, 0.3) is 11.0 Å². The molecule has 3 rings (SSSR count). The number of rotatable bonds is 4. The number of benzene rings is 1. The minimum Gasteiger partial charge on any atom is -0.497 e. The number of anilines is 1. The Kier molecular flexibility index (Phi) is 3.02. The summed E-state index contributed by atoms with van der Waals surface area (Å²) < 4.78 is 5.21. The molecule has 0 saturated carbocycles. The molecule has 0 aliphatic heterocycles. The maximum absolute atomic E-state index is 5.21. The van der Waals surface area contributed by atoms with Crippen molar-refractivity contribution in [2.24, 2.45) is 0 Å². The Balaban J connectivity index is 1.80. The Morgan fingerprint density at radius 3 is 3.11 bits per heavy atom. The molecule has 0 bridgehead atoms. The average Bonchev–Trinajstić information content (AvgIpc) is 2.94. The number of hydrogen-bond donors (Lipinski definition) is 2. The molecule has 0 aliphatic rings. The summed E-state index contributed by atoms with van der Waals surface area (Å²) in [6.45, 7) is 0.689. The highest BCUT2D eigenvalue weighted by Gasteiger charge is 2.04. The van der Waals surface area contributed by atoms with E-state index in [-0.39, 0.29) is 0 Å². The van der Waals surface area contributed by atoms with Gasteiger partial charge in [-0.05, 0) is 23.8 Å². The zero-order valence-electron chi connectivity index (χ0n) is 10.6. The van der Waals surface area contributed by atoms with E-state index in [1.165, 1.54) is 0 Å². The number of nitrogens with one attached hydrogen (secondary N) is 2. The number of methoxy groups -OCH3 is 1. The number of nitrogens with zero attached hydrogens (tertiary/aromatic N) is 2. The highest BCUT2D eigenvalue weighted by Crippen LogP contribution is 2.19. The fraction of sp³-hybridized carbons (Fsp3) is 0.143. The molecule has 0 unspecified atom stereocenters. The molecule has 0 atom stereocenters. The van der Waals surface area contributed by atoms with Crippen LogP contribution in [-0.2, 0) is 6.54 Å². The summed E-state index contributed by atoms with van der Waals surface area (Å²) in [6, 6.07) is 9.91. The van der Waals surface area contributed by atoms with Crippen molar-refractivity contribution in [3.8, 4) is 5.75 Å². The monoisotopic (exact) mass is 254 g/mol. The molecule has 3 aromatic rings. The van der Waals surface area contributed by atoms with Crippen molar-refractivity contribution < 1.29 is 4.74 Å². The van der Waals surface area contributed by atoms with Crippen molar-refractivity contribution in [3.05, 3.63) is 48.4 Å². The van der Waals surface area contributed by atoms with Crippen LogP contribution in [0.2, 0.25) is 0 Å². The van der Waals surface area contributed by atoms with E-state index < -0.39 is 0 Å². The molecule has 0 fully saturated rings. The molecule has 0 aliphatic carbocycles. The van der Waals surface area contributed by atoms with Crippen LogP contribution >= 0.6 is 0 Å². The second kappa shape index (κ2) is 4.97. The third-order valence-electron chi connectivity index (χ3n) is 2.95. The van der Waals surface area contributed by atoms with Gasteiger partial charge in [0.25, 0.3) is 0 Å². The van der Waals surface area contributed by atoms with Crippen LogP contribution < -0.4 is 10.1 Å². The molecule has 0 saturated heterocycles. The van der Waals surface area contributed by atoms with Crippen molar-refractivity contribution in [1.29, 1.82) is 0 Å². The van der Waals surface area contributed by atoms with Crippen LogP contribution in [0, 0.1) is 0 Å². The van der Waals surface area contributed by atoms with E-state index in [0.717, 1.165) is 28.2 Å². The maximum Gasteiger partial charge on any atom is 0.142 e. The van der Waals surface area contributed by atoms with Gasteiger partial charge in [-0.3, -0.25) is 0 Å². The Morgan fingerprint density at radius 1 is 1.26 bits per heavy atom. The highest BCUT2D eigenvalue weighted by atomic mass is 16.5. The Hall–Kier alpha value is -2.56. The third kappa shape index (κ3) is 2.35. The predicted octanol–water partition coefficient (Wildman–Crippen LogP) is 2.58. The number of fused-ring (bicyclic) bond motifs is 1. The van der Waals surface area contributed by atoms with Gasteiger partial charge in [-0.1, -0.05) is 12.1 Å². The number of H-pyrrole nitrogens is 1. The van der Waals surface area contributed by atoms with Crippen LogP contribution in [0.4, 0.5) is 5.82 Å². The van der Waals surface area contributed by atoms with Gasteiger partial charge in [0.15, 0.2) is 0 Å². The van der Waals surface area contributed by atoms with Crippen molar-refractivity contribution in [3.63, 3.8) is 0 Å². The SMILES string of the molecule is COc1cccc(CNc2ncnc3[nH]ccc23)c1. The second-order valence-corrected chi connectivity index (χ2v) is 4.17. The fourth-order valence-corrected chi connectivity index (χ4v) is 1.98. The molecule has 2 aromatic heterocycles. The zero-order valence-corrected chi connectivity index (χ0v) is 10.6. The minimum absolute atomic E-state index is 0.689. The summed E-state index contributed by atoms with van der Waals surface area (Å²) in [4.78, 5) is 11.5. The third-order valence-corrected chi connectivity index (χ3v) is 2.95. The molecule has 5 heteroatoms. The predicted molar refractivity (Wildman–Crippen MR) is 74.2 cm³/mol. The lowest BCUT2D eigenvalue weighted by Crippen LogP contribution is -2.02. The Bertz CT molecular complexity index is 692. The van der Waals surface area contributed by atoms with Crippen molar-refractivity contribution in [1.82, 2.24) is 15.0 Å². The van der Waals surface area contributed by atoms with Crippen LogP contribution in [0.1, 0.15) is 5.56 Å². The van der Waals surface area contributed by atoms with Gasteiger partial charge in [0.05, 0.1) is 12.5 Å². The standard InChI is InChI=1S/C14H14N4O/c1-19-11-4-2-3-10(7-11)8-16-14-12-5-6-15-13(12)17-9-18-14/h2-7,9H,8H2,1H3,(H2,15,16,17,18). The average molecular weight is 254 g/mol. The summed E-state index contributed by atoms with van der Waals surface area (Å²) >= 11 is 0. The molecule has 19 heavy (non-hydrogen) atoms. The number of hydrogen-bond acceptors (Lipinski definition) is 4. The molecular weight excluding hydrogens is 240 g/mol. The minimum atomic E-state index is 0.689. The quantitative estimate of drug-likeness (QED) is 0.751. The van der Waals surface area contributed by atoms with Crippen LogP contribution in [-0.4, -0.2) is 22.1 Å². The van der Waals surface area contributed by atoms with Crippen molar-refractivity contribution >= 4 is 16.9 Å². The molecule has 0 amide bonds. The van der Waals surface area contributed by atoms with Crippen LogP contribution in [0.3, 0.4) is 0 Å². The number of aromatic nitrogens is 3. The molecule has 0 spiro atoms. The van der Waals surface area contributed by atoms with E-state index in [1.54, 1.807) is 13.4 Å². The summed E-state index contributed by atoms with van der Waals surface area (Å²) in [7, 11) is 1.67.